The summed E-state index contributed by atoms with van der Waals surface area (Å²) < 4.78 is 23.6. The maximum atomic E-state index is 11.4. The zero-order valence-electron chi connectivity index (χ0n) is 9.60. The molecule has 0 aliphatic carbocycles. The highest BCUT2D eigenvalue weighted by molar-refractivity contribution is 7.91. The summed E-state index contributed by atoms with van der Waals surface area (Å²) in [6, 6.07) is 0. The third-order valence-electron chi connectivity index (χ3n) is 2.25. The van der Waals surface area contributed by atoms with Crippen molar-refractivity contribution < 1.29 is 8.42 Å². The van der Waals surface area contributed by atoms with Gasteiger partial charge in [-0.3, -0.25) is 4.79 Å². The van der Waals surface area contributed by atoms with Gasteiger partial charge in [-0.1, -0.05) is 18.5 Å². The Morgan fingerprint density at radius 3 is 2.76 bits per heavy atom. The molecule has 1 aromatic heterocycles. The summed E-state index contributed by atoms with van der Waals surface area (Å²) in [7, 11) is -1.54. The molecule has 0 aliphatic heterocycles. The Bertz CT molecular complexity index is 553. The molecule has 1 N–H and O–H groups in total. The SMILES string of the molecule is CCS(=O)(=O)CCNc1cnn(C)c(=O)c1Cl. The number of rotatable bonds is 5. The van der Waals surface area contributed by atoms with E-state index in [2.05, 4.69) is 10.4 Å². The lowest BCUT2D eigenvalue weighted by Gasteiger charge is -2.08. The summed E-state index contributed by atoms with van der Waals surface area (Å²) in [6.07, 6.45) is 1.39. The number of nitrogens with zero attached hydrogens (tertiary/aromatic N) is 2. The van der Waals surface area contributed by atoms with Crippen molar-refractivity contribution in [1.29, 1.82) is 0 Å². The smallest absolute Gasteiger partial charge is 0.287 e. The van der Waals surface area contributed by atoms with Gasteiger partial charge in [0.2, 0.25) is 0 Å². The molecule has 0 radical (unpaired) electrons. The summed E-state index contributed by atoms with van der Waals surface area (Å²) in [6.45, 7) is 1.78. The van der Waals surface area contributed by atoms with Crippen molar-refractivity contribution in [1.82, 2.24) is 9.78 Å². The highest BCUT2D eigenvalue weighted by Gasteiger charge is 2.09. The second kappa shape index (κ2) is 5.50. The van der Waals surface area contributed by atoms with Gasteiger partial charge in [0, 0.05) is 19.3 Å². The molecular formula is C9H14ClN3O3S. The van der Waals surface area contributed by atoms with E-state index in [4.69, 9.17) is 11.6 Å². The van der Waals surface area contributed by atoms with E-state index >= 15 is 0 Å². The van der Waals surface area contributed by atoms with Crippen LogP contribution in [0.2, 0.25) is 5.02 Å². The van der Waals surface area contributed by atoms with Crippen LogP contribution in [0.3, 0.4) is 0 Å². The molecule has 1 rings (SSSR count). The number of hydrogen-bond acceptors (Lipinski definition) is 5. The molecule has 0 amide bonds. The lowest BCUT2D eigenvalue weighted by Crippen LogP contribution is -2.23. The molecule has 0 aromatic carbocycles. The number of anilines is 1. The van der Waals surface area contributed by atoms with Crippen LogP contribution in [0.25, 0.3) is 0 Å². The molecule has 0 saturated carbocycles. The van der Waals surface area contributed by atoms with Crippen molar-refractivity contribution in [2.75, 3.05) is 23.4 Å². The zero-order valence-corrected chi connectivity index (χ0v) is 11.2. The van der Waals surface area contributed by atoms with E-state index in [1.54, 1.807) is 6.92 Å². The fraction of sp³-hybridized carbons (Fsp3) is 0.556. The maximum Gasteiger partial charge on any atom is 0.287 e. The molecule has 1 heterocycles. The monoisotopic (exact) mass is 279 g/mol. The molecule has 0 saturated heterocycles. The Labute approximate surface area is 105 Å². The topological polar surface area (TPSA) is 81.1 Å². The standard InChI is InChI=1S/C9H14ClN3O3S/c1-3-17(15,16)5-4-11-7-6-12-13(2)9(14)8(7)10/h6,11H,3-5H2,1-2H3. The number of hydrogen-bond donors (Lipinski definition) is 1. The Kier molecular flexibility index (Phi) is 4.53. The van der Waals surface area contributed by atoms with Crippen LogP contribution in [0.1, 0.15) is 6.92 Å². The van der Waals surface area contributed by atoms with Crippen LogP contribution in [-0.4, -0.2) is 36.2 Å². The fourth-order valence-electron chi connectivity index (χ4n) is 1.12. The van der Waals surface area contributed by atoms with E-state index in [1.807, 2.05) is 0 Å². The lowest BCUT2D eigenvalue weighted by atomic mass is 10.4. The number of sulfone groups is 1. The molecule has 0 atom stereocenters. The molecule has 1 aromatic rings. The van der Waals surface area contributed by atoms with Gasteiger partial charge in [-0.15, -0.1) is 0 Å². The van der Waals surface area contributed by atoms with Crippen LogP contribution < -0.4 is 10.9 Å². The van der Waals surface area contributed by atoms with Gasteiger partial charge in [0.1, 0.15) is 5.02 Å². The molecule has 17 heavy (non-hydrogen) atoms. The van der Waals surface area contributed by atoms with Crippen LogP contribution in [0, 0.1) is 0 Å². The molecule has 6 nitrogen and oxygen atoms in total. The molecular weight excluding hydrogens is 266 g/mol. The maximum absolute atomic E-state index is 11.4. The minimum absolute atomic E-state index is 0.00492. The van der Waals surface area contributed by atoms with E-state index in [1.165, 1.54) is 13.2 Å². The average molecular weight is 280 g/mol. The van der Waals surface area contributed by atoms with E-state index in [9.17, 15) is 13.2 Å². The molecule has 8 heteroatoms. The normalized spacial score (nSPS) is 11.5. The molecule has 0 spiro atoms. The average Bonchev–Trinajstić information content (AvgIpc) is 2.29. The molecule has 96 valence electrons. The second-order valence-electron chi connectivity index (χ2n) is 3.46. The minimum Gasteiger partial charge on any atom is -0.381 e. The lowest BCUT2D eigenvalue weighted by molar-refractivity contribution is 0.597. The predicted octanol–water partition coefficient (Wildman–Crippen LogP) is 0.280. The Morgan fingerprint density at radius 2 is 2.18 bits per heavy atom. The van der Waals surface area contributed by atoms with Crippen LogP contribution >= 0.6 is 11.6 Å². The molecule has 0 unspecified atom stereocenters. The highest BCUT2D eigenvalue weighted by Crippen LogP contribution is 2.14. The number of aryl methyl sites for hydroxylation is 1. The fourth-order valence-corrected chi connectivity index (χ4v) is 2.06. The van der Waals surface area contributed by atoms with Gasteiger partial charge < -0.3 is 5.32 Å². The predicted molar refractivity (Wildman–Crippen MR) is 67.3 cm³/mol. The van der Waals surface area contributed by atoms with E-state index in [0.717, 1.165) is 4.68 Å². The van der Waals surface area contributed by atoms with Gasteiger partial charge in [0.25, 0.3) is 5.56 Å². The van der Waals surface area contributed by atoms with Crippen molar-refractivity contribution in [3.8, 4) is 0 Å². The van der Waals surface area contributed by atoms with Gasteiger partial charge in [0.05, 0.1) is 17.6 Å². The summed E-state index contributed by atoms with van der Waals surface area (Å²) >= 11 is 5.80. The van der Waals surface area contributed by atoms with Gasteiger partial charge in [-0.2, -0.15) is 5.10 Å². The van der Waals surface area contributed by atoms with Gasteiger partial charge in [0.15, 0.2) is 9.84 Å². The first-order valence-corrected chi connectivity index (χ1v) is 7.23. The van der Waals surface area contributed by atoms with Crippen molar-refractivity contribution in [3.05, 3.63) is 21.6 Å². The summed E-state index contributed by atoms with van der Waals surface area (Å²) in [4.78, 5) is 11.4. The van der Waals surface area contributed by atoms with Gasteiger partial charge in [-0.25, -0.2) is 13.1 Å². The Balaban J connectivity index is 2.72. The number of aromatic nitrogens is 2. The van der Waals surface area contributed by atoms with Crippen LogP contribution in [0.4, 0.5) is 5.69 Å². The first kappa shape index (κ1) is 14.0. The summed E-state index contributed by atoms with van der Waals surface area (Å²) in [5.74, 6) is 0.0895. The van der Waals surface area contributed by atoms with Crippen molar-refractivity contribution >= 4 is 27.1 Å². The highest BCUT2D eigenvalue weighted by atomic mass is 35.5. The van der Waals surface area contributed by atoms with Gasteiger partial charge in [-0.05, 0) is 0 Å². The van der Waals surface area contributed by atoms with Crippen LogP contribution in [0.15, 0.2) is 11.0 Å². The summed E-state index contributed by atoms with van der Waals surface area (Å²) in [5.41, 5.74) is -0.0731. The van der Waals surface area contributed by atoms with E-state index in [-0.39, 0.29) is 23.1 Å². The van der Waals surface area contributed by atoms with Crippen molar-refractivity contribution in [3.63, 3.8) is 0 Å². The summed E-state index contributed by atoms with van der Waals surface area (Å²) in [5, 5.41) is 6.58. The van der Waals surface area contributed by atoms with E-state index < -0.39 is 15.4 Å². The third kappa shape index (κ3) is 3.71. The largest absolute Gasteiger partial charge is 0.381 e. The number of halogens is 1. The molecule has 0 fully saturated rings. The molecule has 0 bridgehead atoms. The zero-order chi connectivity index (χ0) is 13.1. The first-order chi connectivity index (χ1) is 7.87. The van der Waals surface area contributed by atoms with Crippen molar-refractivity contribution in [2.45, 2.75) is 6.92 Å². The number of nitrogens with one attached hydrogen (secondary N) is 1. The minimum atomic E-state index is -3.03. The Hall–Kier alpha value is -1.08. The van der Waals surface area contributed by atoms with E-state index in [0.29, 0.717) is 5.69 Å². The molecule has 0 aliphatic rings. The first-order valence-electron chi connectivity index (χ1n) is 5.03. The van der Waals surface area contributed by atoms with Crippen LogP contribution in [0.5, 0.6) is 0 Å². The second-order valence-corrected chi connectivity index (χ2v) is 6.31. The quantitative estimate of drug-likeness (QED) is 0.837. The third-order valence-corrected chi connectivity index (χ3v) is 4.32. The van der Waals surface area contributed by atoms with Gasteiger partial charge >= 0.3 is 0 Å². The van der Waals surface area contributed by atoms with Crippen molar-refractivity contribution in [2.24, 2.45) is 7.05 Å². The Morgan fingerprint density at radius 1 is 1.53 bits per heavy atom. The van der Waals surface area contributed by atoms with Crippen LogP contribution in [-0.2, 0) is 16.9 Å².